The zero-order chi connectivity index (χ0) is 12.1. The van der Waals surface area contributed by atoms with Crippen LogP contribution >= 0.6 is 0 Å². The second-order valence-corrected chi connectivity index (χ2v) is 3.99. The molecule has 88 valence electrons. The van der Waals surface area contributed by atoms with Crippen molar-refractivity contribution in [1.29, 1.82) is 0 Å². The molecular formula is C14H17N3. The lowest BCUT2D eigenvalue weighted by atomic mass is 10.1. The number of hydrogen-bond acceptors (Lipinski definition) is 2. The van der Waals surface area contributed by atoms with Gasteiger partial charge in [-0.05, 0) is 31.0 Å². The van der Waals surface area contributed by atoms with Crippen LogP contribution in [-0.4, -0.2) is 9.78 Å². The lowest BCUT2D eigenvalue weighted by Crippen LogP contribution is -2.11. The number of nitrogens with two attached hydrogens (primary N) is 1. The standard InChI is InChI=1S/C14H17N3/c1-2-3-9-13(15)14-10-11-17(16-14)12-7-5-4-6-8-12/h2,4-8,10-11,13H,1,3,9,15H2. The van der Waals surface area contributed by atoms with Crippen molar-refractivity contribution in [3.8, 4) is 5.69 Å². The van der Waals surface area contributed by atoms with E-state index >= 15 is 0 Å². The monoisotopic (exact) mass is 227 g/mol. The zero-order valence-electron chi connectivity index (χ0n) is 9.79. The summed E-state index contributed by atoms with van der Waals surface area (Å²) in [6.07, 6.45) is 5.63. The number of rotatable bonds is 5. The van der Waals surface area contributed by atoms with Gasteiger partial charge in [-0.1, -0.05) is 24.3 Å². The van der Waals surface area contributed by atoms with E-state index in [2.05, 4.69) is 11.7 Å². The summed E-state index contributed by atoms with van der Waals surface area (Å²) in [5.74, 6) is 0. The van der Waals surface area contributed by atoms with Gasteiger partial charge < -0.3 is 5.73 Å². The topological polar surface area (TPSA) is 43.8 Å². The third-order valence-corrected chi connectivity index (χ3v) is 2.69. The first-order valence-electron chi connectivity index (χ1n) is 5.78. The molecule has 0 aliphatic heterocycles. The lowest BCUT2D eigenvalue weighted by Gasteiger charge is -2.06. The van der Waals surface area contributed by atoms with E-state index in [1.165, 1.54) is 0 Å². The quantitative estimate of drug-likeness (QED) is 0.798. The van der Waals surface area contributed by atoms with Gasteiger partial charge in [0.25, 0.3) is 0 Å². The van der Waals surface area contributed by atoms with Crippen LogP contribution in [0.25, 0.3) is 5.69 Å². The summed E-state index contributed by atoms with van der Waals surface area (Å²) in [5, 5.41) is 4.49. The minimum Gasteiger partial charge on any atom is -0.323 e. The predicted octanol–water partition coefficient (Wildman–Crippen LogP) is 2.84. The third kappa shape index (κ3) is 2.82. The summed E-state index contributed by atoms with van der Waals surface area (Å²) in [4.78, 5) is 0. The Hall–Kier alpha value is -1.87. The van der Waals surface area contributed by atoms with Gasteiger partial charge in [0.2, 0.25) is 0 Å². The molecular weight excluding hydrogens is 210 g/mol. The van der Waals surface area contributed by atoms with E-state index in [9.17, 15) is 0 Å². The molecule has 2 aromatic rings. The van der Waals surface area contributed by atoms with Crippen LogP contribution in [-0.2, 0) is 0 Å². The molecule has 1 heterocycles. The molecule has 0 spiro atoms. The zero-order valence-corrected chi connectivity index (χ0v) is 9.79. The van der Waals surface area contributed by atoms with E-state index in [0.717, 1.165) is 24.2 Å². The van der Waals surface area contributed by atoms with Crippen molar-refractivity contribution in [3.63, 3.8) is 0 Å². The molecule has 1 aromatic carbocycles. The van der Waals surface area contributed by atoms with Gasteiger partial charge in [-0.2, -0.15) is 5.10 Å². The maximum absolute atomic E-state index is 6.05. The lowest BCUT2D eigenvalue weighted by molar-refractivity contribution is 0.631. The minimum absolute atomic E-state index is 0.0158. The Morgan fingerprint density at radius 1 is 1.29 bits per heavy atom. The van der Waals surface area contributed by atoms with E-state index in [4.69, 9.17) is 5.73 Å². The molecule has 1 aromatic heterocycles. The largest absolute Gasteiger partial charge is 0.323 e. The Bertz CT molecular complexity index is 473. The Morgan fingerprint density at radius 3 is 2.76 bits per heavy atom. The van der Waals surface area contributed by atoms with Crippen molar-refractivity contribution in [2.45, 2.75) is 18.9 Å². The fraction of sp³-hybridized carbons (Fsp3) is 0.214. The van der Waals surface area contributed by atoms with Gasteiger partial charge in [-0.3, -0.25) is 0 Å². The van der Waals surface area contributed by atoms with Crippen LogP contribution in [0, 0.1) is 0 Å². The molecule has 1 unspecified atom stereocenters. The average molecular weight is 227 g/mol. The smallest absolute Gasteiger partial charge is 0.0796 e. The number of aromatic nitrogens is 2. The molecule has 0 aliphatic carbocycles. The second kappa shape index (κ2) is 5.46. The maximum atomic E-state index is 6.05. The highest BCUT2D eigenvalue weighted by atomic mass is 15.3. The first-order chi connectivity index (χ1) is 8.31. The van der Waals surface area contributed by atoms with E-state index in [1.54, 1.807) is 0 Å². The molecule has 0 saturated heterocycles. The number of nitrogens with zero attached hydrogens (tertiary/aromatic N) is 2. The number of hydrogen-bond donors (Lipinski definition) is 1. The van der Waals surface area contributed by atoms with Crippen LogP contribution in [0.2, 0.25) is 0 Å². The molecule has 0 bridgehead atoms. The van der Waals surface area contributed by atoms with Gasteiger partial charge in [0.1, 0.15) is 0 Å². The normalized spacial score (nSPS) is 12.3. The third-order valence-electron chi connectivity index (χ3n) is 2.69. The molecule has 0 radical (unpaired) electrons. The number of para-hydroxylation sites is 1. The van der Waals surface area contributed by atoms with Gasteiger partial charge in [0.15, 0.2) is 0 Å². The predicted molar refractivity (Wildman–Crippen MR) is 69.9 cm³/mol. The van der Waals surface area contributed by atoms with Gasteiger partial charge >= 0.3 is 0 Å². The van der Waals surface area contributed by atoms with Crippen molar-refractivity contribution < 1.29 is 0 Å². The van der Waals surface area contributed by atoms with Crippen LogP contribution in [0.1, 0.15) is 24.6 Å². The van der Waals surface area contributed by atoms with Crippen LogP contribution in [0.5, 0.6) is 0 Å². The molecule has 0 saturated carbocycles. The highest BCUT2D eigenvalue weighted by Crippen LogP contribution is 2.15. The fourth-order valence-corrected chi connectivity index (χ4v) is 1.71. The Balaban J connectivity index is 2.13. The van der Waals surface area contributed by atoms with Crippen molar-refractivity contribution in [2.24, 2.45) is 5.73 Å². The van der Waals surface area contributed by atoms with E-state index in [1.807, 2.05) is 53.4 Å². The SMILES string of the molecule is C=CCCC(N)c1ccn(-c2ccccc2)n1. The second-order valence-electron chi connectivity index (χ2n) is 3.99. The summed E-state index contributed by atoms with van der Waals surface area (Å²) in [6, 6.07) is 12.0. The highest BCUT2D eigenvalue weighted by Gasteiger charge is 2.08. The van der Waals surface area contributed by atoms with Crippen molar-refractivity contribution in [1.82, 2.24) is 9.78 Å². The highest BCUT2D eigenvalue weighted by molar-refractivity contribution is 5.30. The molecule has 0 fully saturated rings. The summed E-state index contributed by atoms with van der Waals surface area (Å²) in [7, 11) is 0. The number of benzene rings is 1. The van der Waals surface area contributed by atoms with Crippen LogP contribution in [0.4, 0.5) is 0 Å². The van der Waals surface area contributed by atoms with Gasteiger partial charge in [0.05, 0.1) is 11.4 Å². The van der Waals surface area contributed by atoms with E-state index < -0.39 is 0 Å². The Labute approximate surface area is 102 Å². The first kappa shape index (κ1) is 11.6. The van der Waals surface area contributed by atoms with E-state index in [0.29, 0.717) is 0 Å². The molecule has 0 amide bonds. The van der Waals surface area contributed by atoms with Crippen LogP contribution in [0.15, 0.2) is 55.3 Å². The Kier molecular flexibility index (Phi) is 3.73. The van der Waals surface area contributed by atoms with Gasteiger partial charge in [-0.15, -0.1) is 6.58 Å². The first-order valence-corrected chi connectivity index (χ1v) is 5.78. The molecule has 2 N–H and O–H groups in total. The van der Waals surface area contributed by atoms with Crippen molar-refractivity contribution >= 4 is 0 Å². The molecule has 1 atom stereocenters. The fourth-order valence-electron chi connectivity index (χ4n) is 1.71. The summed E-state index contributed by atoms with van der Waals surface area (Å²) in [5.41, 5.74) is 8.03. The van der Waals surface area contributed by atoms with Crippen LogP contribution < -0.4 is 5.73 Å². The minimum atomic E-state index is -0.0158. The molecule has 3 heteroatoms. The molecule has 3 nitrogen and oxygen atoms in total. The maximum Gasteiger partial charge on any atom is 0.0796 e. The summed E-state index contributed by atoms with van der Waals surface area (Å²) >= 11 is 0. The van der Waals surface area contributed by atoms with Gasteiger partial charge in [0, 0.05) is 12.2 Å². The molecule has 0 aliphatic rings. The summed E-state index contributed by atoms with van der Waals surface area (Å²) in [6.45, 7) is 3.70. The Morgan fingerprint density at radius 2 is 2.06 bits per heavy atom. The molecule has 2 rings (SSSR count). The summed E-state index contributed by atoms with van der Waals surface area (Å²) < 4.78 is 1.85. The van der Waals surface area contributed by atoms with Crippen LogP contribution in [0.3, 0.4) is 0 Å². The molecule has 17 heavy (non-hydrogen) atoms. The average Bonchev–Trinajstić information content (AvgIpc) is 2.86. The number of allylic oxidation sites excluding steroid dienone is 1. The van der Waals surface area contributed by atoms with Crippen molar-refractivity contribution in [3.05, 3.63) is 60.9 Å². The van der Waals surface area contributed by atoms with Gasteiger partial charge in [-0.25, -0.2) is 4.68 Å². The van der Waals surface area contributed by atoms with Crippen molar-refractivity contribution in [2.75, 3.05) is 0 Å². The van der Waals surface area contributed by atoms with E-state index in [-0.39, 0.29) is 6.04 Å².